The third kappa shape index (κ3) is 1.87. The number of benzene rings is 1. The second kappa shape index (κ2) is 4.30. The van der Waals surface area contributed by atoms with Crippen LogP contribution in [-0.2, 0) is 7.05 Å². The zero-order valence-corrected chi connectivity index (χ0v) is 10.1. The molecule has 2 rings (SSSR count). The van der Waals surface area contributed by atoms with Crippen LogP contribution in [0, 0.1) is 18.3 Å². The van der Waals surface area contributed by atoms with E-state index in [-0.39, 0.29) is 0 Å². The maximum atomic E-state index is 8.92. The fraction of sp³-hybridized carbons (Fsp3) is 0.231. The summed E-state index contributed by atoms with van der Waals surface area (Å²) >= 11 is 0. The largest absolute Gasteiger partial charge is 0.496 e. The van der Waals surface area contributed by atoms with E-state index >= 15 is 0 Å². The van der Waals surface area contributed by atoms with Crippen molar-refractivity contribution >= 4 is 0 Å². The van der Waals surface area contributed by atoms with Gasteiger partial charge in [-0.25, -0.2) is 4.98 Å². The van der Waals surface area contributed by atoms with Crippen molar-refractivity contribution in [1.29, 1.82) is 5.26 Å². The van der Waals surface area contributed by atoms with Crippen molar-refractivity contribution in [3.05, 3.63) is 35.7 Å². The number of methoxy groups -OCH3 is 1. The maximum Gasteiger partial charge on any atom is 0.144 e. The third-order valence-electron chi connectivity index (χ3n) is 2.70. The van der Waals surface area contributed by atoms with Gasteiger partial charge >= 0.3 is 0 Å². The Balaban J connectivity index is 2.63. The van der Waals surface area contributed by atoms with Crippen molar-refractivity contribution in [2.75, 3.05) is 7.11 Å². The Morgan fingerprint density at radius 1 is 1.41 bits per heavy atom. The quantitative estimate of drug-likeness (QED) is 0.790. The van der Waals surface area contributed by atoms with E-state index in [9.17, 15) is 0 Å². The first kappa shape index (κ1) is 11.2. The second-order valence-corrected chi connectivity index (χ2v) is 3.84. The van der Waals surface area contributed by atoms with Crippen LogP contribution in [0.1, 0.15) is 11.3 Å². The molecular formula is C13H13N3O. The summed E-state index contributed by atoms with van der Waals surface area (Å²) in [5.41, 5.74) is 2.56. The summed E-state index contributed by atoms with van der Waals surface area (Å²) in [6.45, 7) is 2.01. The molecule has 0 saturated heterocycles. The third-order valence-corrected chi connectivity index (χ3v) is 2.70. The predicted molar refractivity (Wildman–Crippen MR) is 64.6 cm³/mol. The number of imidazole rings is 1. The van der Waals surface area contributed by atoms with Gasteiger partial charge in [0.15, 0.2) is 0 Å². The normalized spacial score (nSPS) is 10.0. The molecule has 0 amide bonds. The van der Waals surface area contributed by atoms with Crippen LogP contribution in [0.2, 0.25) is 0 Å². The number of aryl methyl sites for hydroxylation is 1. The first-order chi connectivity index (χ1) is 8.17. The van der Waals surface area contributed by atoms with Crippen molar-refractivity contribution < 1.29 is 4.74 Å². The molecule has 0 aliphatic heterocycles. The minimum Gasteiger partial charge on any atom is -0.496 e. The Hall–Kier alpha value is -2.28. The van der Waals surface area contributed by atoms with Crippen LogP contribution < -0.4 is 4.74 Å². The van der Waals surface area contributed by atoms with Crippen molar-refractivity contribution in [2.45, 2.75) is 6.92 Å². The van der Waals surface area contributed by atoms with Gasteiger partial charge in [-0.3, -0.25) is 0 Å². The molecule has 1 aromatic carbocycles. The van der Waals surface area contributed by atoms with Crippen molar-refractivity contribution in [3.8, 4) is 23.2 Å². The molecule has 0 radical (unpaired) electrons. The lowest BCUT2D eigenvalue weighted by Crippen LogP contribution is -1.98. The predicted octanol–water partition coefficient (Wildman–Crippen LogP) is 2.28. The van der Waals surface area contributed by atoms with E-state index < -0.39 is 0 Å². The summed E-state index contributed by atoms with van der Waals surface area (Å²) in [7, 11) is 3.45. The van der Waals surface area contributed by atoms with E-state index in [1.54, 1.807) is 17.9 Å². The molecule has 1 heterocycles. The van der Waals surface area contributed by atoms with Gasteiger partial charge in [-0.05, 0) is 19.1 Å². The Labute approximate surface area is 100 Å². The lowest BCUT2D eigenvalue weighted by molar-refractivity contribution is 0.416. The highest BCUT2D eigenvalue weighted by molar-refractivity contribution is 5.66. The molecule has 0 aliphatic carbocycles. The van der Waals surface area contributed by atoms with Gasteiger partial charge in [0.2, 0.25) is 0 Å². The topological polar surface area (TPSA) is 50.8 Å². The van der Waals surface area contributed by atoms with Crippen molar-refractivity contribution in [1.82, 2.24) is 9.55 Å². The molecule has 0 atom stereocenters. The van der Waals surface area contributed by atoms with E-state index in [2.05, 4.69) is 11.1 Å². The molecule has 4 heteroatoms. The minimum atomic E-state index is 0.531. The first-order valence-electron chi connectivity index (χ1n) is 5.24. The van der Waals surface area contributed by atoms with Gasteiger partial charge in [0, 0.05) is 7.05 Å². The van der Waals surface area contributed by atoms with E-state index in [4.69, 9.17) is 10.00 Å². The van der Waals surface area contributed by atoms with E-state index in [0.29, 0.717) is 5.69 Å². The summed E-state index contributed by atoms with van der Waals surface area (Å²) < 4.78 is 7.08. The maximum absolute atomic E-state index is 8.92. The minimum absolute atomic E-state index is 0.531. The molecule has 4 nitrogen and oxygen atoms in total. The SMILES string of the molecule is COc1ccc(C)cc1-c1ncc(C#N)n1C. The van der Waals surface area contributed by atoms with E-state index in [0.717, 1.165) is 22.7 Å². The highest BCUT2D eigenvalue weighted by Crippen LogP contribution is 2.29. The zero-order valence-electron chi connectivity index (χ0n) is 10.1. The fourth-order valence-corrected chi connectivity index (χ4v) is 1.76. The van der Waals surface area contributed by atoms with Crippen LogP contribution in [0.3, 0.4) is 0 Å². The summed E-state index contributed by atoms with van der Waals surface area (Å²) in [6, 6.07) is 7.99. The Bertz CT molecular complexity index is 593. The summed E-state index contributed by atoms with van der Waals surface area (Å²) in [5, 5.41) is 8.92. The average Bonchev–Trinajstić information content (AvgIpc) is 2.70. The Morgan fingerprint density at radius 2 is 2.18 bits per heavy atom. The van der Waals surface area contributed by atoms with Crippen molar-refractivity contribution in [3.63, 3.8) is 0 Å². The Kier molecular flexibility index (Phi) is 2.84. The van der Waals surface area contributed by atoms with Gasteiger partial charge in [0.25, 0.3) is 0 Å². The van der Waals surface area contributed by atoms with Crippen LogP contribution in [-0.4, -0.2) is 16.7 Å². The molecule has 0 fully saturated rings. The van der Waals surface area contributed by atoms with Gasteiger partial charge in [-0.15, -0.1) is 0 Å². The second-order valence-electron chi connectivity index (χ2n) is 3.84. The fourth-order valence-electron chi connectivity index (χ4n) is 1.76. The van der Waals surface area contributed by atoms with Crippen molar-refractivity contribution in [2.24, 2.45) is 7.05 Å². The van der Waals surface area contributed by atoms with E-state index in [1.165, 1.54) is 0 Å². The van der Waals surface area contributed by atoms with Gasteiger partial charge in [0.05, 0.1) is 18.9 Å². The molecule has 0 spiro atoms. The molecule has 0 saturated carbocycles. The number of hydrogen-bond donors (Lipinski definition) is 0. The monoisotopic (exact) mass is 227 g/mol. The van der Waals surface area contributed by atoms with Crippen LogP contribution >= 0.6 is 0 Å². The average molecular weight is 227 g/mol. The smallest absolute Gasteiger partial charge is 0.144 e. The molecule has 2 aromatic rings. The molecule has 0 aliphatic rings. The Morgan fingerprint density at radius 3 is 2.76 bits per heavy atom. The van der Waals surface area contributed by atoms with E-state index in [1.807, 2.05) is 32.2 Å². The molecule has 0 N–H and O–H groups in total. The van der Waals surface area contributed by atoms with Crippen LogP contribution in [0.4, 0.5) is 0 Å². The number of ether oxygens (including phenoxy) is 1. The van der Waals surface area contributed by atoms with Crippen LogP contribution in [0.25, 0.3) is 11.4 Å². The standard InChI is InChI=1S/C13H13N3O/c1-9-4-5-12(17-3)11(6-9)13-15-8-10(7-14)16(13)2/h4-6,8H,1-3H3. The first-order valence-corrected chi connectivity index (χ1v) is 5.24. The summed E-state index contributed by atoms with van der Waals surface area (Å²) in [5.74, 6) is 1.50. The molecule has 86 valence electrons. The summed E-state index contributed by atoms with van der Waals surface area (Å²) in [6.07, 6.45) is 1.57. The molecule has 0 unspecified atom stereocenters. The van der Waals surface area contributed by atoms with Crippen LogP contribution in [0.5, 0.6) is 5.75 Å². The lowest BCUT2D eigenvalue weighted by Gasteiger charge is -2.09. The van der Waals surface area contributed by atoms with Gasteiger partial charge < -0.3 is 9.30 Å². The number of nitrogens with zero attached hydrogens (tertiary/aromatic N) is 3. The van der Waals surface area contributed by atoms with Gasteiger partial charge in [0.1, 0.15) is 23.3 Å². The molecule has 17 heavy (non-hydrogen) atoms. The number of aromatic nitrogens is 2. The molecular weight excluding hydrogens is 214 g/mol. The van der Waals surface area contributed by atoms with Crippen LogP contribution in [0.15, 0.2) is 24.4 Å². The zero-order chi connectivity index (χ0) is 12.4. The number of hydrogen-bond acceptors (Lipinski definition) is 3. The lowest BCUT2D eigenvalue weighted by atomic mass is 10.1. The highest BCUT2D eigenvalue weighted by atomic mass is 16.5. The van der Waals surface area contributed by atoms with Gasteiger partial charge in [-0.1, -0.05) is 11.6 Å². The summed E-state index contributed by atoms with van der Waals surface area (Å²) in [4.78, 5) is 4.27. The van der Waals surface area contributed by atoms with Gasteiger partial charge in [-0.2, -0.15) is 5.26 Å². The number of rotatable bonds is 2. The molecule has 1 aromatic heterocycles. The molecule has 0 bridgehead atoms. The number of nitriles is 1. The highest BCUT2D eigenvalue weighted by Gasteiger charge is 2.13.